The Morgan fingerprint density at radius 2 is 1.59 bits per heavy atom. The Morgan fingerprint density at radius 3 is 2.05 bits per heavy atom. The Bertz CT molecular complexity index is 465. The number of hydrogen-bond donors (Lipinski definition) is 2. The Kier molecular flexibility index (Phi) is 7.96. The predicted octanol–water partition coefficient (Wildman–Crippen LogP) is 1.83. The van der Waals surface area contributed by atoms with Crippen LogP contribution in [-0.4, -0.2) is 47.4 Å². The molecule has 1 rings (SSSR count). The third kappa shape index (κ3) is 5.02. The molecule has 22 heavy (non-hydrogen) atoms. The highest BCUT2D eigenvalue weighted by Crippen LogP contribution is 2.34. The van der Waals surface area contributed by atoms with E-state index in [0.717, 1.165) is 49.0 Å². The molecular formula is C16H27N3O3. The highest BCUT2D eigenvalue weighted by atomic mass is 16.5. The molecule has 1 aromatic carbocycles. The van der Waals surface area contributed by atoms with Gasteiger partial charge in [-0.15, -0.1) is 0 Å². The second kappa shape index (κ2) is 9.76. The molecule has 0 aliphatic rings. The zero-order valence-corrected chi connectivity index (χ0v) is 14.2. The van der Waals surface area contributed by atoms with Gasteiger partial charge in [0, 0.05) is 37.8 Å². The molecule has 0 bridgehead atoms. The summed E-state index contributed by atoms with van der Waals surface area (Å²) >= 11 is 0. The number of rotatable bonds is 8. The van der Waals surface area contributed by atoms with Gasteiger partial charge in [0.25, 0.3) is 0 Å². The van der Waals surface area contributed by atoms with E-state index < -0.39 is 0 Å². The van der Waals surface area contributed by atoms with Gasteiger partial charge in [0.2, 0.25) is 0 Å². The summed E-state index contributed by atoms with van der Waals surface area (Å²) in [6.45, 7) is 3.74. The first-order chi connectivity index (χ1) is 10.7. The number of benzene rings is 1. The Hall–Kier alpha value is -2.11. The van der Waals surface area contributed by atoms with Crippen LogP contribution in [0.15, 0.2) is 17.1 Å². The Morgan fingerprint density at radius 1 is 1.00 bits per heavy atom. The summed E-state index contributed by atoms with van der Waals surface area (Å²) in [6, 6.07) is 3.73. The molecule has 0 spiro atoms. The van der Waals surface area contributed by atoms with E-state index in [-0.39, 0.29) is 0 Å². The predicted molar refractivity (Wildman–Crippen MR) is 89.5 cm³/mol. The van der Waals surface area contributed by atoms with Crippen LogP contribution in [0.2, 0.25) is 0 Å². The van der Waals surface area contributed by atoms with E-state index in [0.29, 0.717) is 5.75 Å². The fourth-order valence-corrected chi connectivity index (χ4v) is 2.09. The van der Waals surface area contributed by atoms with E-state index in [1.807, 2.05) is 12.1 Å². The van der Waals surface area contributed by atoms with Crippen molar-refractivity contribution < 1.29 is 14.2 Å². The molecule has 0 fully saturated rings. The van der Waals surface area contributed by atoms with Crippen LogP contribution in [0.1, 0.15) is 18.9 Å². The number of guanidine groups is 1. The molecule has 2 N–H and O–H groups in total. The second-order valence-corrected chi connectivity index (χ2v) is 4.69. The smallest absolute Gasteiger partial charge is 0.190 e. The van der Waals surface area contributed by atoms with Crippen LogP contribution >= 0.6 is 0 Å². The third-order valence-corrected chi connectivity index (χ3v) is 3.25. The highest BCUT2D eigenvalue weighted by Gasteiger charge is 2.13. The average molecular weight is 309 g/mol. The van der Waals surface area contributed by atoms with Crippen molar-refractivity contribution in [2.75, 3.05) is 41.5 Å². The average Bonchev–Trinajstić information content (AvgIpc) is 2.57. The fraction of sp³-hybridized carbons (Fsp3) is 0.562. The standard InChI is InChI=1S/C16H27N3O3/c1-6-8-18-16(17-2)19-9-7-13-14(21-4)10-12(20-3)11-15(13)22-5/h10-11H,6-9H2,1-5H3,(H2,17,18,19). The quantitative estimate of drug-likeness (QED) is 0.566. The molecule has 124 valence electrons. The number of nitrogens with zero attached hydrogens (tertiary/aromatic N) is 1. The van der Waals surface area contributed by atoms with Crippen molar-refractivity contribution in [1.29, 1.82) is 0 Å². The number of hydrogen-bond acceptors (Lipinski definition) is 4. The van der Waals surface area contributed by atoms with Gasteiger partial charge < -0.3 is 24.8 Å². The van der Waals surface area contributed by atoms with Crippen LogP contribution in [0.4, 0.5) is 0 Å². The van der Waals surface area contributed by atoms with Crippen molar-refractivity contribution >= 4 is 5.96 Å². The zero-order valence-electron chi connectivity index (χ0n) is 14.2. The number of aliphatic imine (C=N–C) groups is 1. The monoisotopic (exact) mass is 309 g/mol. The maximum absolute atomic E-state index is 5.45. The van der Waals surface area contributed by atoms with E-state index in [9.17, 15) is 0 Å². The first-order valence-electron chi connectivity index (χ1n) is 7.43. The van der Waals surface area contributed by atoms with Crippen molar-refractivity contribution in [3.05, 3.63) is 17.7 Å². The lowest BCUT2D eigenvalue weighted by Gasteiger charge is -2.16. The molecule has 0 unspecified atom stereocenters. The lowest BCUT2D eigenvalue weighted by atomic mass is 10.1. The fourth-order valence-electron chi connectivity index (χ4n) is 2.09. The van der Waals surface area contributed by atoms with Crippen molar-refractivity contribution in [3.8, 4) is 17.2 Å². The summed E-state index contributed by atoms with van der Waals surface area (Å²) in [4.78, 5) is 4.18. The second-order valence-electron chi connectivity index (χ2n) is 4.69. The van der Waals surface area contributed by atoms with Crippen LogP contribution in [0.5, 0.6) is 17.2 Å². The van der Waals surface area contributed by atoms with Crippen LogP contribution in [-0.2, 0) is 6.42 Å². The summed E-state index contributed by atoms with van der Waals surface area (Å²) in [5, 5.41) is 6.52. The Labute approximate surface area is 132 Å². The minimum Gasteiger partial charge on any atom is -0.496 e. The van der Waals surface area contributed by atoms with Gasteiger partial charge in [0.1, 0.15) is 17.2 Å². The van der Waals surface area contributed by atoms with Gasteiger partial charge in [-0.05, 0) is 12.8 Å². The van der Waals surface area contributed by atoms with Gasteiger partial charge in [-0.2, -0.15) is 0 Å². The topological polar surface area (TPSA) is 64.1 Å². The minimum absolute atomic E-state index is 0.714. The van der Waals surface area contributed by atoms with Crippen LogP contribution < -0.4 is 24.8 Å². The maximum Gasteiger partial charge on any atom is 0.190 e. The molecular weight excluding hydrogens is 282 g/mol. The van der Waals surface area contributed by atoms with Crippen molar-refractivity contribution in [1.82, 2.24) is 10.6 Å². The summed E-state index contributed by atoms with van der Waals surface area (Å²) in [5.41, 5.74) is 1.00. The van der Waals surface area contributed by atoms with E-state index in [4.69, 9.17) is 14.2 Å². The van der Waals surface area contributed by atoms with Gasteiger partial charge in [-0.25, -0.2) is 0 Å². The highest BCUT2D eigenvalue weighted by molar-refractivity contribution is 5.79. The van der Waals surface area contributed by atoms with Gasteiger partial charge in [-0.1, -0.05) is 6.92 Å². The molecule has 0 atom stereocenters. The number of methoxy groups -OCH3 is 3. The normalized spacial score (nSPS) is 11.0. The largest absolute Gasteiger partial charge is 0.496 e. The van der Waals surface area contributed by atoms with Crippen LogP contribution in [0.25, 0.3) is 0 Å². The summed E-state index contributed by atoms with van der Waals surface area (Å²) in [6.07, 6.45) is 1.81. The van der Waals surface area contributed by atoms with Crippen molar-refractivity contribution in [3.63, 3.8) is 0 Å². The molecule has 6 heteroatoms. The summed E-state index contributed by atoms with van der Waals surface area (Å²) < 4.78 is 16.1. The van der Waals surface area contributed by atoms with Crippen LogP contribution in [0, 0.1) is 0 Å². The lowest BCUT2D eigenvalue weighted by Crippen LogP contribution is -2.38. The molecule has 1 aromatic rings. The number of ether oxygens (including phenoxy) is 3. The lowest BCUT2D eigenvalue weighted by molar-refractivity contribution is 0.368. The molecule has 0 aliphatic heterocycles. The third-order valence-electron chi connectivity index (χ3n) is 3.25. The maximum atomic E-state index is 5.45. The SMILES string of the molecule is CCCNC(=NC)NCCc1c(OC)cc(OC)cc1OC. The molecule has 0 saturated heterocycles. The van der Waals surface area contributed by atoms with Crippen molar-refractivity contribution in [2.45, 2.75) is 19.8 Å². The molecule has 6 nitrogen and oxygen atoms in total. The van der Waals surface area contributed by atoms with Crippen molar-refractivity contribution in [2.24, 2.45) is 4.99 Å². The van der Waals surface area contributed by atoms with E-state index >= 15 is 0 Å². The van der Waals surface area contributed by atoms with Gasteiger partial charge >= 0.3 is 0 Å². The van der Waals surface area contributed by atoms with E-state index in [1.54, 1.807) is 28.4 Å². The summed E-state index contributed by atoms with van der Waals surface area (Å²) in [5.74, 6) is 3.03. The van der Waals surface area contributed by atoms with Gasteiger partial charge in [0.15, 0.2) is 5.96 Å². The summed E-state index contributed by atoms with van der Waals surface area (Å²) in [7, 11) is 6.68. The molecule has 0 aliphatic carbocycles. The first-order valence-corrected chi connectivity index (χ1v) is 7.43. The molecule has 0 amide bonds. The molecule has 0 radical (unpaired) electrons. The first kappa shape index (κ1) is 17.9. The minimum atomic E-state index is 0.714. The molecule has 0 saturated carbocycles. The molecule has 0 aromatic heterocycles. The van der Waals surface area contributed by atoms with E-state index in [1.165, 1.54) is 0 Å². The number of nitrogens with one attached hydrogen (secondary N) is 2. The van der Waals surface area contributed by atoms with Crippen LogP contribution in [0.3, 0.4) is 0 Å². The molecule has 0 heterocycles. The zero-order chi connectivity index (χ0) is 16.4. The van der Waals surface area contributed by atoms with Gasteiger partial charge in [0.05, 0.1) is 21.3 Å². The van der Waals surface area contributed by atoms with Gasteiger partial charge in [-0.3, -0.25) is 4.99 Å². The Balaban J connectivity index is 2.76. The van der Waals surface area contributed by atoms with E-state index in [2.05, 4.69) is 22.5 Å².